The van der Waals surface area contributed by atoms with Gasteiger partial charge in [0.1, 0.15) is 5.75 Å². The molecule has 1 aliphatic rings. The molecule has 0 aliphatic heterocycles. The van der Waals surface area contributed by atoms with Crippen molar-refractivity contribution in [3.8, 4) is 5.75 Å². The Hall–Kier alpha value is -2.04. The van der Waals surface area contributed by atoms with Crippen molar-refractivity contribution < 1.29 is 19.5 Å². The van der Waals surface area contributed by atoms with Crippen molar-refractivity contribution in [3.05, 3.63) is 29.3 Å². The third-order valence-electron chi connectivity index (χ3n) is 4.66. The summed E-state index contributed by atoms with van der Waals surface area (Å²) >= 11 is 0. The molecule has 1 atom stereocenters. The largest absolute Gasteiger partial charge is 0.497 e. The Balaban J connectivity index is 2.41. The number of ether oxygens (including phenoxy) is 2. The van der Waals surface area contributed by atoms with E-state index >= 15 is 0 Å². The van der Waals surface area contributed by atoms with Crippen LogP contribution in [0.3, 0.4) is 0 Å². The summed E-state index contributed by atoms with van der Waals surface area (Å²) in [5.41, 5.74) is 2.51. The average Bonchev–Trinajstić information content (AvgIpc) is 2.70. The lowest BCUT2D eigenvalue weighted by Crippen LogP contribution is -2.33. The first-order valence-corrected chi connectivity index (χ1v) is 8.09. The summed E-state index contributed by atoms with van der Waals surface area (Å²) in [6, 6.07) is 6.01. The zero-order valence-corrected chi connectivity index (χ0v) is 14.1. The van der Waals surface area contributed by atoms with Crippen LogP contribution in [-0.2, 0) is 21.4 Å². The fourth-order valence-corrected chi connectivity index (χ4v) is 3.32. The Kier molecular flexibility index (Phi) is 5.64. The predicted octanol–water partition coefficient (Wildman–Crippen LogP) is 3.46. The second kappa shape index (κ2) is 7.49. The SMILES string of the molecule is CCOC(=O)CCC1(C)/C(=N/O)CCCc2ccc(OC)cc21. The van der Waals surface area contributed by atoms with Gasteiger partial charge in [-0.1, -0.05) is 18.1 Å². The standard InChI is InChI=1S/C18H25NO4/c1-4-23-17(20)10-11-18(2)15-12-14(22-3)9-8-13(15)6-5-7-16(18)19-21/h8-9,12,21H,4-7,10-11H2,1-3H3/b19-16+. The van der Waals surface area contributed by atoms with Crippen molar-refractivity contribution in [1.29, 1.82) is 0 Å². The van der Waals surface area contributed by atoms with E-state index < -0.39 is 5.41 Å². The predicted molar refractivity (Wildman–Crippen MR) is 88.4 cm³/mol. The van der Waals surface area contributed by atoms with Crippen LogP contribution in [0.4, 0.5) is 0 Å². The second-order valence-electron chi connectivity index (χ2n) is 6.06. The number of oxime groups is 1. The minimum atomic E-state index is -0.498. The van der Waals surface area contributed by atoms with Crippen LogP contribution in [-0.4, -0.2) is 30.6 Å². The molecule has 1 aromatic carbocycles. The molecule has 0 aromatic heterocycles. The van der Waals surface area contributed by atoms with Crippen LogP contribution in [0.15, 0.2) is 23.4 Å². The first kappa shape index (κ1) is 17.3. The molecule has 2 rings (SSSR count). The number of nitrogens with zero attached hydrogens (tertiary/aromatic N) is 1. The van der Waals surface area contributed by atoms with Crippen LogP contribution in [0.5, 0.6) is 5.75 Å². The van der Waals surface area contributed by atoms with Crippen molar-refractivity contribution >= 4 is 11.7 Å². The lowest BCUT2D eigenvalue weighted by atomic mass is 9.73. The number of carbonyl (C=O) groups is 1. The zero-order chi connectivity index (χ0) is 16.9. The van der Waals surface area contributed by atoms with Gasteiger partial charge in [0.2, 0.25) is 0 Å². The van der Waals surface area contributed by atoms with E-state index in [1.807, 2.05) is 19.1 Å². The molecule has 0 saturated heterocycles. The number of esters is 1. The first-order valence-electron chi connectivity index (χ1n) is 8.09. The summed E-state index contributed by atoms with van der Waals surface area (Å²) in [7, 11) is 1.63. The number of benzene rings is 1. The maximum atomic E-state index is 11.8. The molecule has 0 heterocycles. The second-order valence-corrected chi connectivity index (χ2v) is 6.06. The van der Waals surface area contributed by atoms with Gasteiger partial charge >= 0.3 is 5.97 Å². The number of hydrogen-bond acceptors (Lipinski definition) is 5. The van der Waals surface area contributed by atoms with Crippen molar-refractivity contribution in [2.75, 3.05) is 13.7 Å². The maximum Gasteiger partial charge on any atom is 0.305 e. The van der Waals surface area contributed by atoms with Gasteiger partial charge in [-0.05, 0) is 55.9 Å². The molecule has 0 fully saturated rings. The summed E-state index contributed by atoms with van der Waals surface area (Å²) < 4.78 is 10.4. The van der Waals surface area contributed by atoms with Crippen LogP contribution in [0.2, 0.25) is 0 Å². The molecule has 1 aromatic rings. The summed E-state index contributed by atoms with van der Waals surface area (Å²) in [6.45, 7) is 4.21. The Bertz CT molecular complexity index is 597. The average molecular weight is 319 g/mol. The monoisotopic (exact) mass is 319 g/mol. The topological polar surface area (TPSA) is 68.1 Å². The number of aryl methyl sites for hydroxylation is 1. The normalized spacial score (nSPS) is 22.3. The van der Waals surface area contributed by atoms with E-state index in [1.54, 1.807) is 14.0 Å². The lowest BCUT2D eigenvalue weighted by Gasteiger charge is -2.31. The van der Waals surface area contributed by atoms with E-state index in [0.29, 0.717) is 31.6 Å². The van der Waals surface area contributed by atoms with E-state index in [4.69, 9.17) is 9.47 Å². The van der Waals surface area contributed by atoms with Crippen LogP contribution >= 0.6 is 0 Å². The van der Waals surface area contributed by atoms with E-state index in [9.17, 15) is 10.0 Å². The van der Waals surface area contributed by atoms with Gasteiger partial charge in [0, 0.05) is 11.8 Å². The van der Waals surface area contributed by atoms with E-state index in [2.05, 4.69) is 11.2 Å². The van der Waals surface area contributed by atoms with Crippen LogP contribution in [0.25, 0.3) is 0 Å². The van der Waals surface area contributed by atoms with Gasteiger partial charge in [0.25, 0.3) is 0 Å². The molecule has 23 heavy (non-hydrogen) atoms. The van der Waals surface area contributed by atoms with Crippen molar-refractivity contribution in [1.82, 2.24) is 0 Å². The number of methoxy groups -OCH3 is 1. The van der Waals surface area contributed by atoms with Crippen LogP contribution in [0.1, 0.15) is 50.7 Å². The van der Waals surface area contributed by atoms with Crippen molar-refractivity contribution in [3.63, 3.8) is 0 Å². The van der Waals surface area contributed by atoms with Crippen LogP contribution in [0, 0.1) is 0 Å². The van der Waals surface area contributed by atoms with Gasteiger partial charge in [0.05, 0.1) is 19.4 Å². The van der Waals surface area contributed by atoms with Gasteiger partial charge in [-0.2, -0.15) is 0 Å². The highest BCUT2D eigenvalue weighted by molar-refractivity contribution is 5.95. The molecular formula is C18H25NO4. The highest BCUT2D eigenvalue weighted by Gasteiger charge is 2.37. The number of fused-ring (bicyclic) bond motifs is 1. The minimum absolute atomic E-state index is 0.222. The third kappa shape index (κ3) is 3.66. The molecule has 0 saturated carbocycles. The van der Waals surface area contributed by atoms with Gasteiger partial charge in [-0.25, -0.2) is 0 Å². The molecule has 1 N–H and O–H groups in total. The van der Waals surface area contributed by atoms with Gasteiger partial charge in [0.15, 0.2) is 0 Å². The lowest BCUT2D eigenvalue weighted by molar-refractivity contribution is -0.143. The highest BCUT2D eigenvalue weighted by atomic mass is 16.5. The molecule has 5 nitrogen and oxygen atoms in total. The Morgan fingerprint density at radius 2 is 2.17 bits per heavy atom. The van der Waals surface area contributed by atoms with Crippen LogP contribution < -0.4 is 4.74 Å². The van der Waals surface area contributed by atoms with Crippen molar-refractivity contribution in [2.24, 2.45) is 5.16 Å². The number of carbonyl (C=O) groups excluding carboxylic acids is 1. The van der Waals surface area contributed by atoms with E-state index in [0.717, 1.165) is 24.2 Å². The summed E-state index contributed by atoms with van der Waals surface area (Å²) in [4.78, 5) is 11.8. The Morgan fingerprint density at radius 3 is 2.83 bits per heavy atom. The molecule has 0 spiro atoms. The van der Waals surface area contributed by atoms with E-state index in [-0.39, 0.29) is 5.97 Å². The molecule has 126 valence electrons. The molecule has 0 bridgehead atoms. The quantitative estimate of drug-likeness (QED) is 0.390. The van der Waals surface area contributed by atoms with Gasteiger partial charge in [-0.15, -0.1) is 0 Å². The molecule has 5 heteroatoms. The molecule has 0 amide bonds. The molecule has 1 aliphatic carbocycles. The number of hydrogen-bond donors (Lipinski definition) is 1. The zero-order valence-electron chi connectivity index (χ0n) is 14.1. The van der Waals surface area contributed by atoms with Gasteiger partial charge in [-0.3, -0.25) is 4.79 Å². The van der Waals surface area contributed by atoms with Crippen molar-refractivity contribution in [2.45, 2.75) is 51.4 Å². The summed E-state index contributed by atoms with van der Waals surface area (Å²) in [5, 5.41) is 13.1. The number of rotatable bonds is 5. The molecule has 1 unspecified atom stereocenters. The Labute approximate surface area is 137 Å². The summed E-state index contributed by atoms with van der Waals surface area (Å²) in [5.74, 6) is 0.546. The van der Waals surface area contributed by atoms with E-state index in [1.165, 1.54) is 5.56 Å². The molecule has 0 radical (unpaired) electrons. The molecular weight excluding hydrogens is 294 g/mol. The fraction of sp³-hybridized carbons (Fsp3) is 0.556. The Morgan fingerprint density at radius 1 is 1.39 bits per heavy atom. The fourth-order valence-electron chi connectivity index (χ4n) is 3.32. The minimum Gasteiger partial charge on any atom is -0.497 e. The maximum absolute atomic E-state index is 11.8. The first-order chi connectivity index (χ1) is 11.0. The smallest absolute Gasteiger partial charge is 0.305 e. The summed E-state index contributed by atoms with van der Waals surface area (Å²) in [6.07, 6.45) is 3.40. The van der Waals surface area contributed by atoms with Gasteiger partial charge < -0.3 is 14.7 Å². The highest BCUT2D eigenvalue weighted by Crippen LogP contribution is 2.39. The third-order valence-corrected chi connectivity index (χ3v) is 4.66.